The van der Waals surface area contributed by atoms with Crippen LogP contribution in [0.1, 0.15) is 24.5 Å². The summed E-state index contributed by atoms with van der Waals surface area (Å²) in [5.74, 6) is 0.609. The highest BCUT2D eigenvalue weighted by Crippen LogP contribution is 2.06. The van der Waals surface area contributed by atoms with Gasteiger partial charge in [-0.25, -0.2) is 0 Å². The van der Waals surface area contributed by atoms with Crippen molar-refractivity contribution < 1.29 is 4.79 Å². The summed E-state index contributed by atoms with van der Waals surface area (Å²) in [5.41, 5.74) is 2.48. The molecule has 0 aliphatic heterocycles. The van der Waals surface area contributed by atoms with Crippen molar-refractivity contribution in [1.82, 2.24) is 10.6 Å². The van der Waals surface area contributed by atoms with Crippen molar-refractivity contribution in [3.63, 3.8) is 0 Å². The van der Waals surface area contributed by atoms with E-state index >= 15 is 0 Å². The Hall–Kier alpha value is -1.35. The van der Waals surface area contributed by atoms with Gasteiger partial charge in [0.15, 0.2) is 0 Å². The van der Waals surface area contributed by atoms with Crippen molar-refractivity contribution in [2.24, 2.45) is 5.92 Å². The number of benzene rings is 1. The van der Waals surface area contributed by atoms with Crippen LogP contribution in [0.3, 0.4) is 0 Å². The molecular weight excluding hydrogens is 224 g/mol. The molecule has 1 aromatic carbocycles. The van der Waals surface area contributed by atoms with Crippen molar-refractivity contribution in [2.75, 3.05) is 20.1 Å². The second kappa shape index (κ2) is 7.88. The zero-order valence-corrected chi connectivity index (χ0v) is 11.6. The lowest BCUT2D eigenvalue weighted by Gasteiger charge is -2.11. The van der Waals surface area contributed by atoms with Crippen molar-refractivity contribution >= 4 is 5.91 Å². The smallest absolute Gasteiger partial charge is 0.220 e. The Kier molecular flexibility index (Phi) is 6.44. The molecule has 18 heavy (non-hydrogen) atoms. The number of amides is 1. The Morgan fingerprint density at radius 1 is 1.33 bits per heavy atom. The van der Waals surface area contributed by atoms with Gasteiger partial charge in [-0.05, 0) is 38.4 Å². The number of rotatable bonds is 7. The lowest BCUT2D eigenvalue weighted by atomic mass is 10.1. The van der Waals surface area contributed by atoms with Gasteiger partial charge in [0.2, 0.25) is 5.91 Å². The van der Waals surface area contributed by atoms with Gasteiger partial charge in [0, 0.05) is 13.0 Å². The first-order valence-corrected chi connectivity index (χ1v) is 6.58. The molecule has 0 saturated heterocycles. The third-order valence-electron chi connectivity index (χ3n) is 2.92. The molecule has 1 rings (SSSR count). The first-order chi connectivity index (χ1) is 8.61. The van der Waals surface area contributed by atoms with Crippen LogP contribution in [0.4, 0.5) is 0 Å². The first kappa shape index (κ1) is 14.7. The maximum atomic E-state index is 11.7. The number of carbonyl (C=O) groups excluding carboxylic acids is 1. The summed E-state index contributed by atoms with van der Waals surface area (Å²) >= 11 is 0. The fourth-order valence-electron chi connectivity index (χ4n) is 1.92. The number of nitrogens with one attached hydrogen (secondary N) is 2. The van der Waals surface area contributed by atoms with Gasteiger partial charge in [-0.15, -0.1) is 0 Å². The molecule has 0 aromatic heterocycles. The predicted octanol–water partition coefficient (Wildman–Crippen LogP) is 1.90. The topological polar surface area (TPSA) is 41.1 Å². The predicted molar refractivity (Wildman–Crippen MR) is 75.6 cm³/mol. The molecule has 0 aliphatic rings. The standard InChI is InChI=1S/C15H24N2O/c1-12-5-4-6-14(9-12)7-8-15(18)17-11-13(2)10-16-3/h4-6,9,13,16H,7-8,10-11H2,1-3H3,(H,17,18). The minimum atomic E-state index is 0.138. The monoisotopic (exact) mass is 248 g/mol. The fourth-order valence-corrected chi connectivity index (χ4v) is 1.92. The molecule has 0 heterocycles. The highest BCUT2D eigenvalue weighted by Gasteiger charge is 2.05. The molecule has 3 heteroatoms. The number of aryl methyl sites for hydroxylation is 2. The lowest BCUT2D eigenvalue weighted by molar-refractivity contribution is -0.121. The molecule has 0 saturated carbocycles. The molecule has 1 unspecified atom stereocenters. The quantitative estimate of drug-likeness (QED) is 0.774. The fraction of sp³-hybridized carbons (Fsp3) is 0.533. The summed E-state index contributed by atoms with van der Waals surface area (Å²) < 4.78 is 0. The van der Waals surface area contributed by atoms with Gasteiger partial charge < -0.3 is 10.6 Å². The van der Waals surface area contributed by atoms with E-state index in [-0.39, 0.29) is 5.91 Å². The average molecular weight is 248 g/mol. The van der Waals surface area contributed by atoms with E-state index in [2.05, 4.69) is 42.7 Å². The highest BCUT2D eigenvalue weighted by atomic mass is 16.1. The maximum Gasteiger partial charge on any atom is 0.220 e. The largest absolute Gasteiger partial charge is 0.356 e. The molecular formula is C15H24N2O. The van der Waals surface area contributed by atoms with Crippen LogP contribution in [0.25, 0.3) is 0 Å². The van der Waals surface area contributed by atoms with Gasteiger partial charge >= 0.3 is 0 Å². The van der Waals surface area contributed by atoms with E-state index in [0.717, 1.165) is 19.5 Å². The second-order valence-electron chi connectivity index (χ2n) is 4.96. The molecule has 0 bridgehead atoms. The SMILES string of the molecule is CNCC(C)CNC(=O)CCc1cccc(C)c1. The number of hydrogen-bond donors (Lipinski definition) is 2. The van der Waals surface area contributed by atoms with Crippen LogP contribution < -0.4 is 10.6 Å². The summed E-state index contributed by atoms with van der Waals surface area (Å²) in [6, 6.07) is 8.32. The molecule has 1 aromatic rings. The highest BCUT2D eigenvalue weighted by molar-refractivity contribution is 5.76. The van der Waals surface area contributed by atoms with E-state index in [1.54, 1.807) is 0 Å². The van der Waals surface area contributed by atoms with Gasteiger partial charge in [0.05, 0.1) is 0 Å². The first-order valence-electron chi connectivity index (χ1n) is 6.58. The zero-order valence-electron chi connectivity index (χ0n) is 11.6. The van der Waals surface area contributed by atoms with E-state index in [0.29, 0.717) is 12.3 Å². The van der Waals surface area contributed by atoms with Crippen LogP contribution >= 0.6 is 0 Å². The van der Waals surface area contributed by atoms with Gasteiger partial charge in [-0.1, -0.05) is 36.8 Å². The van der Waals surface area contributed by atoms with E-state index in [4.69, 9.17) is 0 Å². The normalized spacial score (nSPS) is 12.2. The Labute approximate surface area is 110 Å². The third kappa shape index (κ3) is 5.82. The third-order valence-corrected chi connectivity index (χ3v) is 2.92. The van der Waals surface area contributed by atoms with E-state index in [9.17, 15) is 4.79 Å². The Bertz CT molecular complexity index is 377. The van der Waals surface area contributed by atoms with E-state index in [1.807, 2.05) is 13.1 Å². The van der Waals surface area contributed by atoms with E-state index in [1.165, 1.54) is 11.1 Å². The van der Waals surface area contributed by atoms with Crippen molar-refractivity contribution in [2.45, 2.75) is 26.7 Å². The van der Waals surface area contributed by atoms with Gasteiger partial charge in [0.25, 0.3) is 0 Å². The van der Waals surface area contributed by atoms with Gasteiger partial charge in [-0.3, -0.25) is 4.79 Å². The lowest BCUT2D eigenvalue weighted by Crippen LogP contribution is -2.32. The molecule has 0 fully saturated rings. The summed E-state index contributed by atoms with van der Waals surface area (Å²) in [7, 11) is 1.93. The molecule has 1 amide bonds. The molecule has 100 valence electrons. The maximum absolute atomic E-state index is 11.7. The van der Waals surface area contributed by atoms with E-state index < -0.39 is 0 Å². The van der Waals surface area contributed by atoms with Crippen LogP contribution in [0, 0.1) is 12.8 Å². The summed E-state index contributed by atoms with van der Waals surface area (Å²) in [4.78, 5) is 11.7. The zero-order chi connectivity index (χ0) is 13.4. The van der Waals surface area contributed by atoms with Crippen LogP contribution in [-0.4, -0.2) is 26.0 Å². The second-order valence-corrected chi connectivity index (χ2v) is 4.96. The molecule has 0 spiro atoms. The Balaban J connectivity index is 2.25. The van der Waals surface area contributed by atoms with Crippen molar-refractivity contribution in [3.05, 3.63) is 35.4 Å². The van der Waals surface area contributed by atoms with Crippen LogP contribution in [0.15, 0.2) is 24.3 Å². The summed E-state index contributed by atoms with van der Waals surface area (Å²) in [6.45, 7) is 5.87. The van der Waals surface area contributed by atoms with Crippen LogP contribution in [-0.2, 0) is 11.2 Å². The number of hydrogen-bond acceptors (Lipinski definition) is 2. The number of carbonyl (C=O) groups is 1. The molecule has 2 N–H and O–H groups in total. The van der Waals surface area contributed by atoms with Crippen molar-refractivity contribution in [3.8, 4) is 0 Å². The Morgan fingerprint density at radius 3 is 2.78 bits per heavy atom. The van der Waals surface area contributed by atoms with Crippen molar-refractivity contribution in [1.29, 1.82) is 0 Å². The summed E-state index contributed by atoms with van der Waals surface area (Å²) in [5, 5.41) is 6.08. The minimum absolute atomic E-state index is 0.138. The molecule has 0 radical (unpaired) electrons. The Morgan fingerprint density at radius 2 is 2.11 bits per heavy atom. The summed E-state index contributed by atoms with van der Waals surface area (Å²) in [6.07, 6.45) is 1.38. The molecule has 1 atom stereocenters. The molecule has 0 aliphatic carbocycles. The molecule has 3 nitrogen and oxygen atoms in total. The van der Waals surface area contributed by atoms with Gasteiger partial charge in [0.1, 0.15) is 0 Å². The minimum Gasteiger partial charge on any atom is -0.356 e. The van der Waals surface area contributed by atoms with Crippen LogP contribution in [0.5, 0.6) is 0 Å². The van der Waals surface area contributed by atoms with Crippen LogP contribution in [0.2, 0.25) is 0 Å². The van der Waals surface area contributed by atoms with Gasteiger partial charge in [-0.2, -0.15) is 0 Å². The average Bonchev–Trinajstić information content (AvgIpc) is 2.34.